The molecule has 0 aliphatic heterocycles. The van der Waals surface area contributed by atoms with Crippen LogP contribution >= 0.6 is 0 Å². The molecule has 4 aromatic rings. The Labute approximate surface area is 167 Å². The van der Waals surface area contributed by atoms with Crippen LogP contribution in [-0.2, 0) is 0 Å². The first kappa shape index (κ1) is 18.1. The summed E-state index contributed by atoms with van der Waals surface area (Å²) in [5.74, 6) is 0.380. The molecule has 1 heterocycles. The Kier molecular flexibility index (Phi) is 4.83. The zero-order chi connectivity index (χ0) is 20.2. The Bertz CT molecular complexity index is 1200. The summed E-state index contributed by atoms with van der Waals surface area (Å²) < 4.78 is 7.84. The fourth-order valence-corrected chi connectivity index (χ4v) is 3.08. The number of carboxylic acids is 1. The predicted octanol–water partition coefficient (Wildman–Crippen LogP) is 5.51. The van der Waals surface area contributed by atoms with Crippen molar-refractivity contribution < 1.29 is 14.6 Å². The number of aromatic nitrogens is 1. The van der Waals surface area contributed by atoms with Crippen molar-refractivity contribution in [2.45, 2.75) is 0 Å². The lowest BCUT2D eigenvalue weighted by atomic mass is 10.0. The van der Waals surface area contributed by atoms with E-state index in [0.717, 1.165) is 16.8 Å². The molecule has 0 atom stereocenters. The minimum atomic E-state index is -0.977. The minimum absolute atomic E-state index is 0.211. The quantitative estimate of drug-likeness (QED) is 0.496. The normalized spacial score (nSPS) is 10.3. The predicted molar refractivity (Wildman–Crippen MR) is 109 cm³/mol. The van der Waals surface area contributed by atoms with Gasteiger partial charge in [-0.15, -0.1) is 0 Å². The molecule has 29 heavy (non-hydrogen) atoms. The number of carboxylic acid groups (broad SMARTS) is 1. The third-order valence-electron chi connectivity index (χ3n) is 4.51. The van der Waals surface area contributed by atoms with Gasteiger partial charge in [0.1, 0.15) is 17.6 Å². The molecule has 0 saturated heterocycles. The Morgan fingerprint density at radius 3 is 2.24 bits per heavy atom. The molecule has 0 aliphatic carbocycles. The fourth-order valence-electron chi connectivity index (χ4n) is 3.08. The SMILES string of the molecule is N#Cc1cn(-c2ccc(C(=O)O)cc2)cc1-c1ccccc1Oc1ccccc1. The molecule has 0 amide bonds. The maximum atomic E-state index is 11.1. The molecule has 0 saturated carbocycles. The van der Waals surface area contributed by atoms with Crippen molar-refractivity contribution in [3.05, 3.63) is 102 Å². The molecule has 0 spiro atoms. The van der Waals surface area contributed by atoms with E-state index in [1.165, 1.54) is 12.1 Å². The summed E-state index contributed by atoms with van der Waals surface area (Å²) in [6.45, 7) is 0. The Balaban J connectivity index is 1.75. The summed E-state index contributed by atoms with van der Waals surface area (Å²) in [4.78, 5) is 11.1. The van der Waals surface area contributed by atoms with E-state index in [4.69, 9.17) is 9.84 Å². The van der Waals surface area contributed by atoms with Gasteiger partial charge in [-0.3, -0.25) is 0 Å². The summed E-state index contributed by atoms with van der Waals surface area (Å²) in [5, 5.41) is 18.7. The van der Waals surface area contributed by atoms with Crippen LogP contribution in [0, 0.1) is 11.3 Å². The van der Waals surface area contributed by atoms with Gasteiger partial charge in [0, 0.05) is 29.2 Å². The molecular weight excluding hydrogens is 364 g/mol. The molecule has 5 nitrogen and oxygen atoms in total. The monoisotopic (exact) mass is 380 g/mol. The van der Waals surface area contributed by atoms with E-state index >= 15 is 0 Å². The van der Waals surface area contributed by atoms with Gasteiger partial charge in [0.05, 0.1) is 11.1 Å². The second-order valence-corrected chi connectivity index (χ2v) is 6.37. The molecule has 0 fully saturated rings. The number of aromatic carboxylic acids is 1. The summed E-state index contributed by atoms with van der Waals surface area (Å²) in [5.41, 5.74) is 3.01. The Morgan fingerprint density at radius 1 is 0.862 bits per heavy atom. The van der Waals surface area contributed by atoms with Gasteiger partial charge >= 0.3 is 5.97 Å². The van der Waals surface area contributed by atoms with Crippen LogP contribution < -0.4 is 4.74 Å². The van der Waals surface area contributed by atoms with Crippen LogP contribution in [0.3, 0.4) is 0 Å². The number of para-hydroxylation sites is 2. The zero-order valence-corrected chi connectivity index (χ0v) is 15.3. The average molecular weight is 380 g/mol. The highest BCUT2D eigenvalue weighted by Gasteiger charge is 2.15. The minimum Gasteiger partial charge on any atom is -0.478 e. The molecule has 1 N–H and O–H groups in total. The molecule has 0 unspecified atom stereocenters. The van der Waals surface area contributed by atoms with Crippen molar-refractivity contribution in [3.8, 4) is 34.4 Å². The van der Waals surface area contributed by atoms with Crippen molar-refractivity contribution in [2.24, 2.45) is 0 Å². The first-order valence-corrected chi connectivity index (χ1v) is 8.94. The van der Waals surface area contributed by atoms with Crippen LogP contribution in [0.15, 0.2) is 91.3 Å². The highest BCUT2D eigenvalue weighted by Crippen LogP contribution is 2.36. The molecule has 0 radical (unpaired) electrons. The van der Waals surface area contributed by atoms with Gasteiger partial charge in [-0.1, -0.05) is 36.4 Å². The third-order valence-corrected chi connectivity index (χ3v) is 4.51. The van der Waals surface area contributed by atoms with Crippen LogP contribution in [0.5, 0.6) is 11.5 Å². The zero-order valence-electron chi connectivity index (χ0n) is 15.3. The van der Waals surface area contributed by atoms with Crippen molar-refractivity contribution >= 4 is 5.97 Å². The van der Waals surface area contributed by atoms with E-state index in [9.17, 15) is 10.1 Å². The number of benzene rings is 3. The number of hydrogen-bond acceptors (Lipinski definition) is 3. The summed E-state index contributed by atoms with van der Waals surface area (Å²) >= 11 is 0. The van der Waals surface area contributed by atoms with Crippen LogP contribution in [0.2, 0.25) is 0 Å². The average Bonchev–Trinajstić information content (AvgIpc) is 3.19. The number of nitrogens with zero attached hydrogens (tertiary/aromatic N) is 2. The maximum Gasteiger partial charge on any atom is 0.335 e. The summed E-state index contributed by atoms with van der Waals surface area (Å²) in [7, 11) is 0. The molecule has 140 valence electrons. The largest absolute Gasteiger partial charge is 0.478 e. The Hall–Kier alpha value is -4.30. The molecule has 1 aromatic heterocycles. The second-order valence-electron chi connectivity index (χ2n) is 6.37. The maximum absolute atomic E-state index is 11.1. The molecule has 3 aromatic carbocycles. The van der Waals surface area contributed by atoms with Gasteiger partial charge in [-0.2, -0.15) is 5.26 Å². The highest BCUT2D eigenvalue weighted by atomic mass is 16.5. The number of rotatable bonds is 5. The van der Waals surface area contributed by atoms with Gasteiger partial charge in [-0.05, 0) is 42.5 Å². The smallest absolute Gasteiger partial charge is 0.335 e. The topological polar surface area (TPSA) is 75.2 Å². The van der Waals surface area contributed by atoms with Crippen LogP contribution in [0.25, 0.3) is 16.8 Å². The van der Waals surface area contributed by atoms with Crippen LogP contribution in [-0.4, -0.2) is 15.6 Å². The summed E-state index contributed by atoms with van der Waals surface area (Å²) in [6.07, 6.45) is 3.58. The number of carbonyl (C=O) groups is 1. The molecule has 0 aliphatic rings. The lowest BCUT2D eigenvalue weighted by Gasteiger charge is -2.10. The molecule has 0 bridgehead atoms. The number of ether oxygens (including phenoxy) is 1. The van der Waals surface area contributed by atoms with Gasteiger partial charge in [0.2, 0.25) is 0 Å². The first-order valence-electron chi connectivity index (χ1n) is 8.94. The molecule has 4 rings (SSSR count). The lowest BCUT2D eigenvalue weighted by molar-refractivity contribution is 0.0697. The van der Waals surface area contributed by atoms with E-state index in [0.29, 0.717) is 17.1 Å². The standard InChI is InChI=1S/C24H16N2O3/c25-14-18-15-26(19-12-10-17(11-13-19)24(27)28)16-22(18)21-8-4-5-9-23(21)29-20-6-2-1-3-7-20/h1-13,15-16H,(H,27,28). The van der Waals surface area contributed by atoms with E-state index in [2.05, 4.69) is 6.07 Å². The first-order chi connectivity index (χ1) is 14.2. The van der Waals surface area contributed by atoms with E-state index in [1.54, 1.807) is 22.9 Å². The van der Waals surface area contributed by atoms with Gasteiger partial charge in [-0.25, -0.2) is 4.79 Å². The second kappa shape index (κ2) is 7.75. The van der Waals surface area contributed by atoms with Crippen molar-refractivity contribution in [1.29, 1.82) is 5.26 Å². The van der Waals surface area contributed by atoms with E-state index in [-0.39, 0.29) is 5.56 Å². The fraction of sp³-hybridized carbons (Fsp3) is 0. The Morgan fingerprint density at radius 2 is 1.55 bits per heavy atom. The van der Waals surface area contributed by atoms with Gasteiger partial charge in [0.25, 0.3) is 0 Å². The van der Waals surface area contributed by atoms with Gasteiger partial charge < -0.3 is 14.4 Å². The van der Waals surface area contributed by atoms with E-state index < -0.39 is 5.97 Å². The van der Waals surface area contributed by atoms with E-state index in [1.807, 2.05) is 60.8 Å². The van der Waals surface area contributed by atoms with Crippen LogP contribution in [0.4, 0.5) is 0 Å². The highest BCUT2D eigenvalue weighted by molar-refractivity contribution is 5.87. The van der Waals surface area contributed by atoms with Crippen molar-refractivity contribution in [1.82, 2.24) is 4.57 Å². The lowest BCUT2D eigenvalue weighted by Crippen LogP contribution is -1.97. The van der Waals surface area contributed by atoms with Crippen molar-refractivity contribution in [2.75, 3.05) is 0 Å². The van der Waals surface area contributed by atoms with Crippen molar-refractivity contribution in [3.63, 3.8) is 0 Å². The summed E-state index contributed by atoms with van der Waals surface area (Å²) in [6, 6.07) is 25.7. The van der Waals surface area contributed by atoms with Crippen LogP contribution in [0.1, 0.15) is 15.9 Å². The molecule has 5 heteroatoms. The molecular formula is C24H16N2O3. The number of nitriles is 1. The van der Waals surface area contributed by atoms with Gasteiger partial charge in [0.15, 0.2) is 0 Å². The third kappa shape index (κ3) is 3.73. The number of hydrogen-bond donors (Lipinski definition) is 1.